The number of nitrogens with one attached hydrogen (secondary N) is 3. The zero-order valence-corrected chi connectivity index (χ0v) is 17.9. The molecule has 11 heteroatoms. The maximum Gasteiger partial charge on any atom is 0.273 e. The summed E-state index contributed by atoms with van der Waals surface area (Å²) in [7, 11) is 0. The first-order chi connectivity index (χ1) is 15.9. The zero-order valence-electron chi connectivity index (χ0n) is 17.9. The highest BCUT2D eigenvalue weighted by Crippen LogP contribution is 2.18. The van der Waals surface area contributed by atoms with Crippen LogP contribution in [0.15, 0.2) is 51.5 Å². The standard InChI is InChI=1S/C22H23F3N6O2/c1-3-4-13(23)16(26-2)11-28-22(32)17-12-33-19(29-17)8-10-27-9-7-18-30-20-14(24)5-6-15(25)21(20)31-18/h3-6,12,27H,2,7-11H2,1H3,(H,28,32)(H,30,31)/b4-3-,16-13+. The molecule has 33 heavy (non-hydrogen) atoms. The molecule has 0 radical (unpaired) electrons. The number of H-pyrrole nitrogens is 1. The quantitative estimate of drug-likeness (QED) is 0.231. The minimum atomic E-state index is -0.586. The predicted octanol–water partition coefficient (Wildman–Crippen LogP) is 3.39. The van der Waals surface area contributed by atoms with Crippen molar-refractivity contribution in [3.8, 4) is 0 Å². The summed E-state index contributed by atoms with van der Waals surface area (Å²) >= 11 is 0. The normalized spacial score (nSPS) is 12.4. The first-order valence-electron chi connectivity index (χ1n) is 10.2. The first kappa shape index (κ1) is 23.9. The average Bonchev–Trinajstić information content (AvgIpc) is 3.45. The van der Waals surface area contributed by atoms with Crippen molar-refractivity contribution >= 4 is 23.7 Å². The number of imidazole rings is 1. The van der Waals surface area contributed by atoms with Crippen molar-refractivity contribution in [2.24, 2.45) is 4.99 Å². The third kappa shape index (κ3) is 6.16. The maximum atomic E-state index is 13.8. The van der Waals surface area contributed by atoms with Crippen molar-refractivity contribution in [2.75, 3.05) is 19.6 Å². The van der Waals surface area contributed by atoms with Crippen LogP contribution in [-0.4, -0.2) is 47.2 Å². The van der Waals surface area contributed by atoms with E-state index in [-0.39, 0.29) is 29.0 Å². The molecular formula is C22H23F3N6O2. The van der Waals surface area contributed by atoms with Gasteiger partial charge < -0.3 is 20.0 Å². The molecule has 0 aliphatic heterocycles. The first-order valence-corrected chi connectivity index (χ1v) is 10.2. The second-order valence-electron chi connectivity index (χ2n) is 6.95. The largest absolute Gasteiger partial charge is 0.448 e. The van der Waals surface area contributed by atoms with Crippen molar-refractivity contribution in [1.29, 1.82) is 0 Å². The molecule has 0 atom stereocenters. The lowest BCUT2D eigenvalue weighted by Crippen LogP contribution is -2.26. The van der Waals surface area contributed by atoms with Crippen LogP contribution in [0.5, 0.6) is 0 Å². The molecule has 1 amide bonds. The number of nitrogens with zero attached hydrogens (tertiary/aromatic N) is 3. The van der Waals surface area contributed by atoms with Gasteiger partial charge >= 0.3 is 0 Å². The molecule has 2 aromatic heterocycles. The highest BCUT2D eigenvalue weighted by atomic mass is 19.1. The summed E-state index contributed by atoms with van der Waals surface area (Å²) in [5, 5.41) is 5.65. The van der Waals surface area contributed by atoms with Gasteiger partial charge in [0.1, 0.15) is 34.8 Å². The third-order valence-corrected chi connectivity index (χ3v) is 4.63. The van der Waals surface area contributed by atoms with E-state index in [0.29, 0.717) is 37.6 Å². The molecule has 0 unspecified atom stereocenters. The van der Waals surface area contributed by atoms with E-state index in [1.165, 1.54) is 18.4 Å². The highest BCUT2D eigenvalue weighted by Gasteiger charge is 2.14. The lowest BCUT2D eigenvalue weighted by atomic mass is 10.3. The van der Waals surface area contributed by atoms with Gasteiger partial charge in [-0.3, -0.25) is 9.79 Å². The molecule has 0 saturated carbocycles. The van der Waals surface area contributed by atoms with Crippen LogP contribution in [0.2, 0.25) is 0 Å². The van der Waals surface area contributed by atoms with E-state index in [4.69, 9.17) is 4.42 Å². The van der Waals surface area contributed by atoms with Gasteiger partial charge in [0.15, 0.2) is 17.4 Å². The number of hydrogen-bond donors (Lipinski definition) is 3. The fourth-order valence-corrected chi connectivity index (χ4v) is 2.96. The Labute approximate surface area is 187 Å². The van der Waals surface area contributed by atoms with Crippen LogP contribution in [0, 0.1) is 11.6 Å². The van der Waals surface area contributed by atoms with Gasteiger partial charge in [-0.25, -0.2) is 23.1 Å². The zero-order chi connectivity index (χ0) is 23.8. The van der Waals surface area contributed by atoms with Crippen LogP contribution < -0.4 is 10.6 Å². The lowest BCUT2D eigenvalue weighted by molar-refractivity contribution is 0.0951. The Kier molecular flexibility index (Phi) is 8.14. The van der Waals surface area contributed by atoms with Gasteiger partial charge in [-0.2, -0.15) is 0 Å². The molecule has 3 aromatic rings. The second kappa shape index (κ2) is 11.2. The van der Waals surface area contributed by atoms with Crippen molar-refractivity contribution in [3.05, 3.63) is 71.1 Å². The summed E-state index contributed by atoms with van der Waals surface area (Å²) < 4.78 is 46.5. The van der Waals surface area contributed by atoms with Crippen LogP contribution in [0.1, 0.15) is 29.1 Å². The summed E-state index contributed by atoms with van der Waals surface area (Å²) in [5.41, 5.74) is 0.0914. The maximum absolute atomic E-state index is 13.8. The number of carbonyl (C=O) groups is 1. The number of hydrogen-bond acceptors (Lipinski definition) is 6. The lowest BCUT2D eigenvalue weighted by Gasteiger charge is -2.03. The van der Waals surface area contributed by atoms with Crippen molar-refractivity contribution in [3.63, 3.8) is 0 Å². The molecule has 0 aliphatic carbocycles. The predicted molar refractivity (Wildman–Crippen MR) is 118 cm³/mol. The monoisotopic (exact) mass is 460 g/mol. The van der Waals surface area contributed by atoms with Crippen LogP contribution in [0.4, 0.5) is 13.2 Å². The number of benzene rings is 1. The molecule has 0 aliphatic rings. The fourth-order valence-electron chi connectivity index (χ4n) is 2.96. The van der Waals surface area contributed by atoms with Crippen molar-refractivity contribution in [1.82, 2.24) is 25.6 Å². The number of aliphatic imine (C=N–C) groups is 1. The van der Waals surface area contributed by atoms with Crippen molar-refractivity contribution < 1.29 is 22.4 Å². The summed E-state index contributed by atoms with van der Waals surface area (Å²) in [6.07, 6.45) is 4.80. The summed E-state index contributed by atoms with van der Waals surface area (Å²) in [6, 6.07) is 2.09. The Morgan fingerprint density at radius 3 is 2.73 bits per heavy atom. The van der Waals surface area contributed by atoms with E-state index in [1.54, 1.807) is 6.92 Å². The number of aromatic amines is 1. The molecule has 2 heterocycles. The van der Waals surface area contributed by atoms with E-state index in [0.717, 1.165) is 12.1 Å². The van der Waals surface area contributed by atoms with Crippen LogP contribution in [0.25, 0.3) is 11.0 Å². The molecule has 3 rings (SSSR count). The Morgan fingerprint density at radius 1 is 1.24 bits per heavy atom. The van der Waals surface area contributed by atoms with Gasteiger partial charge in [-0.15, -0.1) is 0 Å². The minimum Gasteiger partial charge on any atom is -0.448 e. The van der Waals surface area contributed by atoms with E-state index in [2.05, 4.69) is 37.3 Å². The topological polar surface area (TPSA) is 108 Å². The van der Waals surface area contributed by atoms with Crippen LogP contribution in [0.3, 0.4) is 0 Å². The third-order valence-electron chi connectivity index (χ3n) is 4.63. The summed E-state index contributed by atoms with van der Waals surface area (Å²) in [5.74, 6) is -1.45. The number of halogens is 3. The van der Waals surface area contributed by atoms with E-state index < -0.39 is 23.4 Å². The number of aromatic nitrogens is 3. The molecular weight excluding hydrogens is 437 g/mol. The number of amides is 1. The number of oxazole rings is 1. The summed E-state index contributed by atoms with van der Waals surface area (Å²) in [4.78, 5) is 26.7. The second-order valence-corrected chi connectivity index (χ2v) is 6.95. The smallest absolute Gasteiger partial charge is 0.273 e. The van der Waals surface area contributed by atoms with E-state index in [9.17, 15) is 18.0 Å². The molecule has 0 bridgehead atoms. The molecule has 3 N–H and O–H groups in total. The Hall–Kier alpha value is -3.73. The van der Waals surface area contributed by atoms with Crippen LogP contribution in [-0.2, 0) is 12.8 Å². The Balaban J connectivity index is 1.43. The van der Waals surface area contributed by atoms with Gasteiger partial charge in [-0.1, -0.05) is 6.08 Å². The van der Waals surface area contributed by atoms with Gasteiger partial charge in [0, 0.05) is 25.9 Å². The Bertz CT molecular complexity index is 1160. The number of fused-ring (bicyclic) bond motifs is 1. The molecule has 1 aromatic carbocycles. The molecule has 8 nitrogen and oxygen atoms in total. The number of allylic oxidation sites excluding steroid dienone is 3. The van der Waals surface area contributed by atoms with Gasteiger partial charge in [0.2, 0.25) is 0 Å². The minimum absolute atomic E-state index is 0.00398. The summed E-state index contributed by atoms with van der Waals surface area (Å²) in [6.45, 7) is 5.80. The van der Waals surface area contributed by atoms with Crippen molar-refractivity contribution in [2.45, 2.75) is 19.8 Å². The molecule has 174 valence electrons. The van der Waals surface area contributed by atoms with Crippen LogP contribution >= 0.6 is 0 Å². The SMILES string of the molecule is C=N/C(CNC(=O)c1coc(CCNCCc2nc3c(F)ccc(F)c3[nH]2)n1)=C(F)\C=C/C. The van der Waals surface area contributed by atoms with Gasteiger partial charge in [0.25, 0.3) is 5.91 Å². The van der Waals surface area contributed by atoms with Gasteiger partial charge in [-0.05, 0) is 31.9 Å². The Morgan fingerprint density at radius 2 is 2.00 bits per heavy atom. The molecule has 0 spiro atoms. The van der Waals surface area contributed by atoms with E-state index >= 15 is 0 Å². The van der Waals surface area contributed by atoms with E-state index in [1.807, 2.05) is 0 Å². The average molecular weight is 460 g/mol. The fraction of sp³-hybridized carbons (Fsp3) is 0.273. The molecule has 0 fully saturated rings. The van der Waals surface area contributed by atoms with Gasteiger partial charge in [0.05, 0.1) is 12.2 Å². The number of carbonyl (C=O) groups excluding carboxylic acids is 1. The number of rotatable bonds is 11. The molecule has 0 saturated heterocycles. The highest BCUT2D eigenvalue weighted by molar-refractivity contribution is 5.92.